The molecule has 0 radical (unpaired) electrons. The summed E-state index contributed by atoms with van der Waals surface area (Å²) in [5, 5.41) is 4.43. The Kier molecular flexibility index (Phi) is 4.55. The molecule has 1 aliphatic rings. The smallest absolute Gasteiger partial charge is 0.287 e. The summed E-state index contributed by atoms with van der Waals surface area (Å²) in [6, 6.07) is 9.32. The van der Waals surface area contributed by atoms with E-state index in [1.165, 1.54) is 12.8 Å². The van der Waals surface area contributed by atoms with E-state index in [1.807, 2.05) is 25.1 Å². The third-order valence-electron chi connectivity index (χ3n) is 4.80. The van der Waals surface area contributed by atoms with Crippen molar-refractivity contribution in [2.45, 2.75) is 26.3 Å². The lowest BCUT2D eigenvalue weighted by Crippen LogP contribution is -2.23. The lowest BCUT2D eigenvalue weighted by molar-refractivity contribution is 0.0924. The minimum absolute atomic E-state index is 0.227. The minimum atomic E-state index is -0.227. The Balaban J connectivity index is 1.49. The zero-order valence-electron chi connectivity index (χ0n) is 14.6. The van der Waals surface area contributed by atoms with Gasteiger partial charge in [0.2, 0.25) is 0 Å². The van der Waals surface area contributed by atoms with Gasteiger partial charge in [0.1, 0.15) is 11.4 Å². The number of hydrogen-bond acceptors (Lipinski definition) is 4. The summed E-state index contributed by atoms with van der Waals surface area (Å²) in [5.41, 5.74) is 2.48. The molecule has 1 saturated heterocycles. The number of rotatable bonds is 4. The van der Waals surface area contributed by atoms with Crippen LogP contribution in [0.3, 0.4) is 0 Å². The zero-order chi connectivity index (χ0) is 18.1. The average Bonchev–Trinajstić information content (AvgIpc) is 3.29. The largest absolute Gasteiger partial charge is 0.451 e. The Hall–Kier alpha value is -2.53. The molecule has 0 unspecified atom stereocenters. The SMILES string of the molecule is Cc1c(C(=O)NCc2ccnc(N3CCCC3)c2)oc2ccc(Cl)cc12. The second-order valence-electron chi connectivity index (χ2n) is 6.60. The van der Waals surface area contributed by atoms with Gasteiger partial charge in [-0.3, -0.25) is 4.79 Å². The standard InChI is InChI=1S/C20H20ClN3O2/c1-13-16-11-15(21)4-5-17(16)26-19(13)20(25)23-12-14-6-7-22-18(10-14)24-8-2-3-9-24/h4-7,10-11H,2-3,8-9,12H2,1H3,(H,23,25). The first-order valence-corrected chi connectivity index (χ1v) is 9.16. The van der Waals surface area contributed by atoms with Gasteiger partial charge in [0, 0.05) is 41.8 Å². The molecule has 0 spiro atoms. The van der Waals surface area contributed by atoms with Crippen molar-refractivity contribution in [1.29, 1.82) is 0 Å². The number of nitrogens with zero attached hydrogens (tertiary/aromatic N) is 2. The van der Waals surface area contributed by atoms with Crippen molar-refractivity contribution in [3.63, 3.8) is 0 Å². The molecule has 6 heteroatoms. The molecule has 1 N–H and O–H groups in total. The first-order valence-electron chi connectivity index (χ1n) is 8.78. The fourth-order valence-corrected chi connectivity index (χ4v) is 3.53. The van der Waals surface area contributed by atoms with Gasteiger partial charge in [-0.25, -0.2) is 4.98 Å². The number of hydrogen-bond donors (Lipinski definition) is 1. The van der Waals surface area contributed by atoms with E-state index >= 15 is 0 Å². The molecule has 26 heavy (non-hydrogen) atoms. The van der Waals surface area contributed by atoms with Crippen LogP contribution in [-0.2, 0) is 6.54 Å². The van der Waals surface area contributed by atoms with Gasteiger partial charge in [0.15, 0.2) is 5.76 Å². The topological polar surface area (TPSA) is 58.4 Å². The first-order chi connectivity index (χ1) is 12.6. The molecule has 1 aromatic carbocycles. The molecule has 3 aromatic rings. The van der Waals surface area contributed by atoms with E-state index in [-0.39, 0.29) is 5.91 Å². The molecule has 2 aromatic heterocycles. The van der Waals surface area contributed by atoms with Gasteiger partial charge < -0.3 is 14.6 Å². The minimum Gasteiger partial charge on any atom is -0.451 e. The van der Waals surface area contributed by atoms with Gasteiger partial charge in [-0.1, -0.05) is 11.6 Å². The number of aryl methyl sites for hydroxylation is 1. The summed E-state index contributed by atoms with van der Waals surface area (Å²) in [6.45, 7) is 4.39. The number of fused-ring (bicyclic) bond motifs is 1. The van der Waals surface area contributed by atoms with Crippen molar-refractivity contribution in [2.24, 2.45) is 0 Å². The number of aromatic nitrogens is 1. The van der Waals surface area contributed by atoms with Crippen LogP contribution in [-0.4, -0.2) is 24.0 Å². The highest BCUT2D eigenvalue weighted by atomic mass is 35.5. The van der Waals surface area contributed by atoms with Crippen LogP contribution in [0.25, 0.3) is 11.0 Å². The number of anilines is 1. The third kappa shape index (κ3) is 3.27. The molecule has 0 atom stereocenters. The van der Waals surface area contributed by atoms with Gasteiger partial charge in [0.05, 0.1) is 0 Å². The predicted molar refractivity (Wildman–Crippen MR) is 103 cm³/mol. The molecular formula is C20H20ClN3O2. The molecule has 0 bridgehead atoms. The molecule has 5 nitrogen and oxygen atoms in total. The molecule has 134 valence electrons. The molecule has 1 amide bonds. The zero-order valence-corrected chi connectivity index (χ0v) is 15.3. The molecule has 1 aliphatic heterocycles. The van der Waals surface area contributed by atoms with E-state index in [9.17, 15) is 4.79 Å². The Morgan fingerprint density at radius 3 is 2.88 bits per heavy atom. The summed E-state index contributed by atoms with van der Waals surface area (Å²) >= 11 is 6.04. The van der Waals surface area contributed by atoms with Crippen LogP contribution in [0.15, 0.2) is 40.9 Å². The highest BCUT2D eigenvalue weighted by Crippen LogP contribution is 2.28. The highest BCUT2D eigenvalue weighted by Gasteiger charge is 2.18. The summed E-state index contributed by atoms with van der Waals surface area (Å²) in [4.78, 5) is 19.3. The Morgan fingerprint density at radius 2 is 2.08 bits per heavy atom. The van der Waals surface area contributed by atoms with Crippen molar-refractivity contribution in [2.75, 3.05) is 18.0 Å². The predicted octanol–water partition coefficient (Wildman–Crippen LogP) is 4.32. The van der Waals surface area contributed by atoms with Crippen molar-refractivity contribution >= 4 is 34.3 Å². The van der Waals surface area contributed by atoms with Gasteiger partial charge in [0.25, 0.3) is 5.91 Å². The Bertz CT molecular complexity index is 961. The van der Waals surface area contributed by atoms with Gasteiger partial charge >= 0.3 is 0 Å². The molecule has 0 saturated carbocycles. The van der Waals surface area contributed by atoms with Gasteiger partial charge in [-0.15, -0.1) is 0 Å². The van der Waals surface area contributed by atoms with Crippen LogP contribution in [0.1, 0.15) is 34.5 Å². The molecule has 3 heterocycles. The molecule has 4 rings (SSSR count). The molecular weight excluding hydrogens is 350 g/mol. The van der Waals surface area contributed by atoms with Crippen LogP contribution in [0, 0.1) is 6.92 Å². The maximum atomic E-state index is 12.6. The number of nitrogens with one attached hydrogen (secondary N) is 1. The van der Waals surface area contributed by atoms with Crippen LogP contribution in [0.4, 0.5) is 5.82 Å². The van der Waals surface area contributed by atoms with E-state index in [4.69, 9.17) is 16.0 Å². The Labute approximate surface area is 157 Å². The lowest BCUT2D eigenvalue weighted by atomic mass is 10.1. The average molecular weight is 370 g/mol. The van der Waals surface area contributed by atoms with Crippen LogP contribution >= 0.6 is 11.6 Å². The fourth-order valence-electron chi connectivity index (χ4n) is 3.36. The van der Waals surface area contributed by atoms with Gasteiger partial charge in [-0.2, -0.15) is 0 Å². The van der Waals surface area contributed by atoms with Crippen LogP contribution in [0.2, 0.25) is 5.02 Å². The number of pyridine rings is 1. The normalized spacial score (nSPS) is 14.2. The summed E-state index contributed by atoms with van der Waals surface area (Å²) in [7, 11) is 0. The van der Waals surface area contributed by atoms with E-state index < -0.39 is 0 Å². The van der Waals surface area contributed by atoms with E-state index in [0.717, 1.165) is 35.4 Å². The maximum Gasteiger partial charge on any atom is 0.287 e. The first kappa shape index (κ1) is 16.9. The second-order valence-corrected chi connectivity index (χ2v) is 7.03. The maximum absolute atomic E-state index is 12.6. The quantitative estimate of drug-likeness (QED) is 0.744. The lowest BCUT2D eigenvalue weighted by Gasteiger charge is -2.16. The monoisotopic (exact) mass is 369 g/mol. The summed E-state index contributed by atoms with van der Waals surface area (Å²) < 4.78 is 5.72. The van der Waals surface area contributed by atoms with E-state index in [0.29, 0.717) is 22.9 Å². The Morgan fingerprint density at radius 1 is 1.27 bits per heavy atom. The number of halogens is 1. The van der Waals surface area contributed by atoms with Crippen molar-refractivity contribution in [1.82, 2.24) is 10.3 Å². The van der Waals surface area contributed by atoms with Crippen molar-refractivity contribution in [3.8, 4) is 0 Å². The van der Waals surface area contributed by atoms with E-state index in [1.54, 1.807) is 18.3 Å². The van der Waals surface area contributed by atoms with Crippen LogP contribution < -0.4 is 10.2 Å². The number of carbonyl (C=O) groups excluding carboxylic acids is 1. The number of furan rings is 1. The highest BCUT2D eigenvalue weighted by molar-refractivity contribution is 6.31. The van der Waals surface area contributed by atoms with Gasteiger partial charge in [-0.05, 0) is 55.7 Å². The van der Waals surface area contributed by atoms with Crippen molar-refractivity contribution in [3.05, 3.63) is 58.4 Å². The summed E-state index contributed by atoms with van der Waals surface area (Å²) in [5.74, 6) is 1.08. The molecule has 1 fully saturated rings. The van der Waals surface area contributed by atoms with Crippen molar-refractivity contribution < 1.29 is 9.21 Å². The second kappa shape index (κ2) is 7.00. The fraction of sp³-hybridized carbons (Fsp3) is 0.300. The third-order valence-corrected chi connectivity index (χ3v) is 5.03. The number of carbonyl (C=O) groups is 1. The van der Waals surface area contributed by atoms with E-state index in [2.05, 4.69) is 15.2 Å². The molecule has 0 aliphatic carbocycles. The van der Waals surface area contributed by atoms with Crippen LogP contribution in [0.5, 0.6) is 0 Å². The number of benzene rings is 1. The summed E-state index contributed by atoms with van der Waals surface area (Å²) in [6.07, 6.45) is 4.21. The number of amides is 1.